The van der Waals surface area contributed by atoms with Gasteiger partial charge in [0.15, 0.2) is 17.3 Å². The van der Waals surface area contributed by atoms with E-state index in [0.717, 1.165) is 76.7 Å². The molecule has 188 valence electrons. The van der Waals surface area contributed by atoms with E-state index in [1.807, 2.05) is 36.7 Å². The van der Waals surface area contributed by atoms with Crippen LogP contribution >= 0.6 is 0 Å². The van der Waals surface area contributed by atoms with Gasteiger partial charge in [-0.1, -0.05) is 20.4 Å². The Hall–Kier alpha value is -4.31. The van der Waals surface area contributed by atoms with Crippen LogP contribution in [0.15, 0.2) is 55.1 Å². The maximum Gasteiger partial charge on any atom is 0.161 e. The average Bonchev–Trinajstić information content (AvgIpc) is 3.53. The second-order valence-electron chi connectivity index (χ2n) is 9.84. The molecule has 0 bridgehead atoms. The van der Waals surface area contributed by atoms with Crippen LogP contribution in [0.1, 0.15) is 13.8 Å². The highest BCUT2D eigenvalue weighted by atomic mass is 15.3. The molecule has 0 aromatic carbocycles. The average molecular weight is 495 g/mol. The van der Waals surface area contributed by atoms with E-state index in [-0.39, 0.29) is 0 Å². The van der Waals surface area contributed by atoms with Crippen molar-refractivity contribution in [2.24, 2.45) is 5.92 Å². The number of anilines is 2. The number of aromatic amines is 2. The normalized spacial score (nSPS) is 14.6. The quantitative estimate of drug-likeness (QED) is 0.320. The summed E-state index contributed by atoms with van der Waals surface area (Å²) in [6.07, 6.45) is 5.44. The molecule has 1 saturated heterocycles. The number of piperazine rings is 1. The lowest BCUT2D eigenvalue weighted by Crippen LogP contribution is -2.44. The summed E-state index contributed by atoms with van der Waals surface area (Å²) in [6.45, 7) is 12.2. The van der Waals surface area contributed by atoms with Crippen molar-refractivity contribution in [2.75, 3.05) is 43.4 Å². The highest BCUT2D eigenvalue weighted by Gasteiger charge is 2.21. The van der Waals surface area contributed by atoms with Crippen LogP contribution in [0, 0.1) is 5.92 Å². The van der Waals surface area contributed by atoms with Gasteiger partial charge in [0.1, 0.15) is 11.0 Å². The van der Waals surface area contributed by atoms with Gasteiger partial charge in [-0.15, -0.1) is 0 Å². The molecule has 1 aliphatic rings. The molecule has 3 N–H and O–H groups in total. The zero-order valence-corrected chi connectivity index (χ0v) is 21.3. The topological polar surface area (TPSA) is 115 Å². The van der Waals surface area contributed by atoms with Crippen molar-refractivity contribution >= 4 is 33.6 Å². The maximum atomic E-state index is 4.95. The number of imidazole rings is 1. The fraction of sp³-hybridized carbons (Fsp3) is 0.296. The van der Waals surface area contributed by atoms with E-state index in [1.54, 1.807) is 6.20 Å². The third kappa shape index (κ3) is 4.40. The summed E-state index contributed by atoms with van der Waals surface area (Å²) < 4.78 is 0. The monoisotopic (exact) mass is 494 g/mol. The van der Waals surface area contributed by atoms with Crippen molar-refractivity contribution in [2.45, 2.75) is 13.8 Å². The first kappa shape index (κ1) is 23.1. The van der Waals surface area contributed by atoms with E-state index in [9.17, 15) is 0 Å². The van der Waals surface area contributed by atoms with Crippen molar-refractivity contribution in [3.05, 3.63) is 55.1 Å². The van der Waals surface area contributed by atoms with E-state index < -0.39 is 0 Å². The van der Waals surface area contributed by atoms with Crippen LogP contribution in [0.5, 0.6) is 0 Å². The second-order valence-corrected chi connectivity index (χ2v) is 9.84. The minimum atomic E-state index is 0.322. The van der Waals surface area contributed by atoms with E-state index in [1.165, 1.54) is 0 Å². The van der Waals surface area contributed by atoms with Gasteiger partial charge in [-0.25, -0.2) is 15.0 Å². The number of H-pyrrole nitrogens is 2. The van der Waals surface area contributed by atoms with Crippen LogP contribution in [0.3, 0.4) is 0 Å². The highest BCUT2D eigenvalue weighted by molar-refractivity contribution is 5.94. The van der Waals surface area contributed by atoms with Gasteiger partial charge in [0, 0.05) is 49.8 Å². The van der Waals surface area contributed by atoms with Crippen molar-refractivity contribution in [3.8, 4) is 22.8 Å². The highest BCUT2D eigenvalue weighted by Crippen LogP contribution is 2.31. The minimum absolute atomic E-state index is 0.322. The van der Waals surface area contributed by atoms with Gasteiger partial charge in [-0.05, 0) is 37.2 Å². The number of fused-ring (bicyclic) bond motifs is 2. The Morgan fingerprint density at radius 3 is 2.68 bits per heavy atom. The van der Waals surface area contributed by atoms with Gasteiger partial charge in [0.2, 0.25) is 0 Å². The van der Waals surface area contributed by atoms with Gasteiger partial charge in [0.25, 0.3) is 0 Å². The molecule has 5 aromatic heterocycles. The number of allylic oxidation sites excluding steroid dienone is 1. The van der Waals surface area contributed by atoms with Crippen molar-refractivity contribution in [1.82, 2.24) is 40.0 Å². The largest absolute Gasteiger partial charge is 0.358 e. The summed E-state index contributed by atoms with van der Waals surface area (Å²) in [5, 5.41) is 11.0. The van der Waals surface area contributed by atoms with Gasteiger partial charge >= 0.3 is 0 Å². The van der Waals surface area contributed by atoms with E-state index >= 15 is 0 Å². The van der Waals surface area contributed by atoms with Gasteiger partial charge < -0.3 is 20.1 Å². The molecule has 37 heavy (non-hydrogen) atoms. The Kier molecular flexibility index (Phi) is 5.80. The molecular formula is C27H30N10. The van der Waals surface area contributed by atoms with Crippen molar-refractivity contribution in [1.29, 1.82) is 0 Å². The lowest BCUT2D eigenvalue weighted by molar-refractivity contribution is 0.312. The maximum absolute atomic E-state index is 4.95. The Morgan fingerprint density at radius 2 is 1.86 bits per heavy atom. The molecule has 0 spiro atoms. The number of rotatable bonds is 6. The second kappa shape index (κ2) is 9.29. The molecule has 6 rings (SSSR count). The van der Waals surface area contributed by atoms with E-state index in [0.29, 0.717) is 17.4 Å². The van der Waals surface area contributed by atoms with Crippen LogP contribution in [-0.2, 0) is 0 Å². The molecule has 0 radical (unpaired) electrons. The number of nitrogens with zero attached hydrogens (tertiary/aromatic N) is 7. The fourth-order valence-corrected chi connectivity index (χ4v) is 4.49. The lowest BCUT2D eigenvalue weighted by Gasteiger charge is -2.33. The molecule has 1 aliphatic heterocycles. The number of pyridine rings is 3. The van der Waals surface area contributed by atoms with Crippen LogP contribution in [0.2, 0.25) is 0 Å². The van der Waals surface area contributed by atoms with Gasteiger partial charge in [0.05, 0.1) is 28.6 Å². The van der Waals surface area contributed by atoms with Crippen LogP contribution in [-0.4, -0.2) is 73.2 Å². The first-order valence-corrected chi connectivity index (χ1v) is 12.5. The SMILES string of the molecule is C=C(Nc1cncc(-c2ccc3[nH]nc(-c4nc5c(N6CCN(C)CC6)nccc5[nH]4)c3n2)c1)C(C)C. The van der Waals surface area contributed by atoms with Gasteiger partial charge in [-0.2, -0.15) is 5.10 Å². The number of aromatic nitrogens is 7. The summed E-state index contributed by atoms with van der Waals surface area (Å²) in [7, 11) is 2.15. The molecular weight excluding hydrogens is 464 g/mol. The first-order chi connectivity index (χ1) is 18.0. The van der Waals surface area contributed by atoms with E-state index in [4.69, 9.17) is 9.97 Å². The summed E-state index contributed by atoms with van der Waals surface area (Å²) in [4.78, 5) is 27.0. The molecule has 10 heteroatoms. The van der Waals surface area contributed by atoms with Crippen LogP contribution in [0.4, 0.5) is 11.5 Å². The molecule has 0 unspecified atom stereocenters. The van der Waals surface area contributed by atoms with Crippen LogP contribution < -0.4 is 10.2 Å². The Morgan fingerprint density at radius 1 is 1.03 bits per heavy atom. The predicted octanol–water partition coefficient (Wildman–Crippen LogP) is 4.29. The number of hydrogen-bond acceptors (Lipinski definition) is 8. The molecule has 0 aliphatic carbocycles. The van der Waals surface area contributed by atoms with Gasteiger partial charge in [-0.3, -0.25) is 10.1 Å². The van der Waals surface area contributed by atoms with E-state index in [2.05, 4.69) is 67.7 Å². The minimum Gasteiger partial charge on any atom is -0.358 e. The zero-order valence-electron chi connectivity index (χ0n) is 21.3. The standard InChI is InChI=1S/C27H30N10/c1-16(2)17(3)30-19-13-18(14-28-15-19)20-5-6-22-23(31-20)25(35-34-22)26-32-21-7-8-29-27(24(21)33-26)37-11-9-36(4)10-12-37/h5-8,13-16,30H,3,9-12H2,1-2,4H3,(H,32,33)(H,34,35). The molecule has 6 heterocycles. The molecule has 0 saturated carbocycles. The summed E-state index contributed by atoms with van der Waals surface area (Å²) in [5.74, 6) is 1.89. The predicted molar refractivity (Wildman–Crippen MR) is 147 cm³/mol. The number of nitrogens with one attached hydrogen (secondary N) is 3. The molecule has 10 nitrogen and oxygen atoms in total. The molecule has 1 fully saturated rings. The smallest absolute Gasteiger partial charge is 0.161 e. The molecule has 5 aromatic rings. The van der Waals surface area contributed by atoms with Crippen LogP contribution in [0.25, 0.3) is 44.8 Å². The molecule has 0 atom stereocenters. The third-order valence-corrected chi connectivity index (χ3v) is 6.85. The first-order valence-electron chi connectivity index (χ1n) is 12.5. The number of hydrogen-bond donors (Lipinski definition) is 3. The summed E-state index contributed by atoms with van der Waals surface area (Å²) in [5.41, 5.74) is 7.57. The summed E-state index contributed by atoms with van der Waals surface area (Å²) in [6, 6.07) is 7.94. The third-order valence-electron chi connectivity index (χ3n) is 6.85. The number of likely N-dealkylation sites (N-methyl/N-ethyl adjacent to an activating group) is 1. The lowest BCUT2D eigenvalue weighted by atomic mass is 10.1. The Balaban J connectivity index is 1.36. The summed E-state index contributed by atoms with van der Waals surface area (Å²) >= 11 is 0. The van der Waals surface area contributed by atoms with Crippen molar-refractivity contribution in [3.63, 3.8) is 0 Å². The van der Waals surface area contributed by atoms with Crippen molar-refractivity contribution < 1.29 is 0 Å². The Labute approximate surface area is 214 Å². The Bertz CT molecular complexity index is 1590. The zero-order chi connectivity index (χ0) is 25.5. The fourth-order valence-electron chi connectivity index (χ4n) is 4.49. The molecule has 0 amide bonds.